The molecule has 2 fully saturated rings. The summed E-state index contributed by atoms with van der Waals surface area (Å²) in [7, 11) is 0. The van der Waals surface area contributed by atoms with Crippen molar-refractivity contribution in [1.82, 2.24) is 14.5 Å². The van der Waals surface area contributed by atoms with E-state index in [1.54, 1.807) is 0 Å². The van der Waals surface area contributed by atoms with Gasteiger partial charge in [-0.05, 0) is 42.7 Å². The molecule has 1 aliphatic heterocycles. The first-order chi connectivity index (χ1) is 17.2. The molecule has 0 amide bonds. The Hall–Kier alpha value is -2.93. The van der Waals surface area contributed by atoms with E-state index in [1.807, 2.05) is 56.3 Å². The van der Waals surface area contributed by atoms with Crippen LogP contribution < -0.4 is 4.74 Å². The number of ether oxygens (including phenoxy) is 3. The molecule has 0 unspecified atom stereocenters. The summed E-state index contributed by atoms with van der Waals surface area (Å²) in [5.41, 5.74) is 2.94. The zero-order chi connectivity index (χ0) is 24.3. The molecule has 0 N–H and O–H groups in total. The van der Waals surface area contributed by atoms with Gasteiger partial charge in [0, 0.05) is 30.6 Å². The number of hydrogen-bond donors (Lipinski definition) is 0. The molecule has 35 heavy (non-hydrogen) atoms. The van der Waals surface area contributed by atoms with Crippen molar-refractivity contribution in [3.8, 4) is 22.6 Å². The fourth-order valence-corrected chi connectivity index (χ4v) is 5.21. The van der Waals surface area contributed by atoms with Crippen molar-refractivity contribution < 1.29 is 14.2 Å². The summed E-state index contributed by atoms with van der Waals surface area (Å²) in [6.45, 7) is 5.38. The van der Waals surface area contributed by atoms with Gasteiger partial charge in [-0.25, -0.2) is 9.97 Å². The van der Waals surface area contributed by atoms with E-state index in [9.17, 15) is 0 Å². The zero-order valence-electron chi connectivity index (χ0n) is 20.1. The van der Waals surface area contributed by atoms with Crippen molar-refractivity contribution in [2.24, 2.45) is 0 Å². The van der Waals surface area contributed by atoms with E-state index in [-0.39, 0.29) is 5.79 Å². The highest BCUT2D eigenvalue weighted by molar-refractivity contribution is 6.35. The molecule has 2 aromatic carbocycles. The summed E-state index contributed by atoms with van der Waals surface area (Å²) < 4.78 is 20.0. The number of rotatable bonds is 4. The lowest BCUT2D eigenvalue weighted by atomic mass is 9.90. The van der Waals surface area contributed by atoms with Gasteiger partial charge in [-0.15, -0.1) is 0 Å². The van der Waals surface area contributed by atoms with Crippen LogP contribution in [-0.2, 0) is 9.47 Å². The summed E-state index contributed by atoms with van der Waals surface area (Å²) in [5, 5.41) is 1.35. The van der Waals surface area contributed by atoms with Crippen molar-refractivity contribution in [3.63, 3.8) is 0 Å². The summed E-state index contributed by atoms with van der Waals surface area (Å²) in [4.78, 5) is 8.87. The van der Waals surface area contributed by atoms with Crippen molar-refractivity contribution in [3.05, 3.63) is 72.3 Å². The number of aromatic nitrogens is 3. The highest BCUT2D eigenvalue weighted by Gasteiger charge is 2.41. The average Bonchev–Trinajstić information content (AvgIpc) is 3.53. The van der Waals surface area contributed by atoms with Crippen molar-refractivity contribution >= 4 is 22.6 Å². The van der Waals surface area contributed by atoms with Gasteiger partial charge >= 0.3 is 0 Å². The molecule has 4 aromatic rings. The Balaban J connectivity index is 0.00000124. The zero-order valence-corrected chi connectivity index (χ0v) is 20.9. The summed E-state index contributed by atoms with van der Waals surface area (Å²) in [6.07, 6.45) is 7.41. The Morgan fingerprint density at radius 3 is 2.26 bits per heavy atom. The van der Waals surface area contributed by atoms with Gasteiger partial charge in [0.15, 0.2) is 5.79 Å². The molecular weight excluding hydrogens is 462 g/mol. The maximum Gasteiger partial charge on any atom is 0.168 e. The van der Waals surface area contributed by atoms with E-state index in [2.05, 4.69) is 32.9 Å². The van der Waals surface area contributed by atoms with E-state index < -0.39 is 0 Å². The van der Waals surface area contributed by atoms with E-state index in [0.29, 0.717) is 24.4 Å². The molecule has 2 aliphatic rings. The van der Waals surface area contributed by atoms with Crippen LogP contribution in [0, 0.1) is 0 Å². The third-order valence-corrected chi connectivity index (χ3v) is 6.92. The fraction of sp³-hybridized carbons (Fsp3) is 0.357. The minimum atomic E-state index is -0.385. The number of halogens is 1. The van der Waals surface area contributed by atoms with Gasteiger partial charge in [-0.2, -0.15) is 0 Å². The normalized spacial score (nSPS) is 17.3. The molecule has 0 radical (unpaired) electrons. The quantitative estimate of drug-likeness (QED) is 0.278. The number of para-hydroxylation sites is 1. The first-order valence-electron chi connectivity index (χ1n) is 12.3. The number of benzene rings is 2. The minimum absolute atomic E-state index is 0.311. The lowest BCUT2D eigenvalue weighted by Gasteiger charge is -2.36. The minimum Gasteiger partial charge on any atom is -0.457 e. The molecule has 3 heterocycles. The van der Waals surface area contributed by atoms with Crippen LogP contribution in [0.3, 0.4) is 0 Å². The lowest BCUT2D eigenvalue weighted by molar-refractivity contribution is -0.181. The van der Waals surface area contributed by atoms with Crippen molar-refractivity contribution in [2.75, 3.05) is 13.2 Å². The SMILES string of the molecule is CC.Clc1ncnc2c1c(-c1ccc(Oc3ccccc3)cc1)cn2C1CCC2(CC1)OCCO2. The third-order valence-electron chi connectivity index (χ3n) is 6.63. The van der Waals surface area contributed by atoms with Crippen LogP contribution in [0.4, 0.5) is 0 Å². The molecule has 1 saturated heterocycles. The Morgan fingerprint density at radius 1 is 0.914 bits per heavy atom. The van der Waals surface area contributed by atoms with Gasteiger partial charge in [-0.3, -0.25) is 0 Å². The monoisotopic (exact) mass is 491 g/mol. The highest BCUT2D eigenvalue weighted by atomic mass is 35.5. The summed E-state index contributed by atoms with van der Waals surface area (Å²) in [5.74, 6) is 1.21. The van der Waals surface area contributed by atoms with Crippen molar-refractivity contribution in [1.29, 1.82) is 0 Å². The van der Waals surface area contributed by atoms with Gasteiger partial charge < -0.3 is 18.8 Å². The molecule has 1 saturated carbocycles. The van der Waals surface area contributed by atoms with Gasteiger partial charge in [0.05, 0.1) is 18.6 Å². The molecule has 7 heteroatoms. The summed E-state index contributed by atoms with van der Waals surface area (Å²) in [6, 6.07) is 18.1. The predicted molar refractivity (Wildman–Crippen MR) is 138 cm³/mol. The molecule has 0 bridgehead atoms. The van der Waals surface area contributed by atoms with Gasteiger partial charge in [-0.1, -0.05) is 55.8 Å². The molecule has 182 valence electrons. The maximum atomic E-state index is 6.57. The van der Waals surface area contributed by atoms with E-state index in [1.165, 1.54) is 6.33 Å². The highest BCUT2D eigenvalue weighted by Crippen LogP contribution is 2.43. The van der Waals surface area contributed by atoms with Gasteiger partial charge in [0.2, 0.25) is 0 Å². The van der Waals surface area contributed by atoms with Crippen LogP contribution >= 0.6 is 11.6 Å². The van der Waals surface area contributed by atoms with Crippen LogP contribution in [-0.4, -0.2) is 33.5 Å². The van der Waals surface area contributed by atoms with E-state index >= 15 is 0 Å². The second-order valence-electron chi connectivity index (χ2n) is 8.59. The largest absolute Gasteiger partial charge is 0.457 e. The molecule has 0 atom stereocenters. The fourth-order valence-electron chi connectivity index (χ4n) is 4.98. The van der Waals surface area contributed by atoms with E-state index in [4.69, 9.17) is 25.8 Å². The van der Waals surface area contributed by atoms with Crippen LogP contribution in [0.2, 0.25) is 5.15 Å². The first kappa shape index (κ1) is 23.8. The average molecular weight is 492 g/mol. The lowest BCUT2D eigenvalue weighted by Crippen LogP contribution is -2.35. The molecule has 1 spiro atoms. The molecule has 6 nitrogen and oxygen atoms in total. The molecule has 2 aromatic heterocycles. The second kappa shape index (κ2) is 10.4. The second-order valence-corrected chi connectivity index (χ2v) is 8.95. The van der Waals surface area contributed by atoms with Crippen LogP contribution in [0.1, 0.15) is 45.6 Å². The first-order valence-corrected chi connectivity index (χ1v) is 12.7. The van der Waals surface area contributed by atoms with Gasteiger partial charge in [0.25, 0.3) is 0 Å². The molecule has 6 rings (SSSR count). The Morgan fingerprint density at radius 2 is 1.57 bits per heavy atom. The summed E-state index contributed by atoms with van der Waals surface area (Å²) >= 11 is 6.57. The Bertz CT molecular complexity index is 1260. The van der Waals surface area contributed by atoms with Crippen LogP contribution in [0.5, 0.6) is 11.5 Å². The number of hydrogen-bond acceptors (Lipinski definition) is 5. The smallest absolute Gasteiger partial charge is 0.168 e. The molecule has 1 aliphatic carbocycles. The van der Waals surface area contributed by atoms with Crippen LogP contribution in [0.15, 0.2) is 67.1 Å². The topological polar surface area (TPSA) is 58.4 Å². The van der Waals surface area contributed by atoms with Gasteiger partial charge in [0.1, 0.15) is 28.6 Å². The maximum absolute atomic E-state index is 6.57. The molecular formula is C28H30ClN3O3. The number of nitrogens with zero attached hydrogens (tertiary/aromatic N) is 3. The van der Waals surface area contributed by atoms with Crippen molar-refractivity contribution in [2.45, 2.75) is 51.4 Å². The predicted octanol–water partition coefficient (Wildman–Crippen LogP) is 7.43. The Labute approximate surface area is 210 Å². The van der Waals surface area contributed by atoms with Crippen LogP contribution in [0.25, 0.3) is 22.2 Å². The standard InChI is InChI=1S/C26H24ClN3O3.C2H6/c27-24-23-22(18-6-8-21(9-7-18)33-20-4-2-1-3-5-20)16-30(25(23)29-17-28-24)19-10-12-26(13-11-19)31-14-15-32-26;1-2/h1-9,16-17,19H,10-15H2;1-2H3. The Kier molecular flexibility index (Phi) is 7.04. The van der Waals surface area contributed by atoms with E-state index in [0.717, 1.165) is 59.3 Å². The third kappa shape index (κ3) is 4.79. The number of fused-ring (bicyclic) bond motifs is 1.